The highest BCUT2D eigenvalue weighted by atomic mass is 35.5. The topological polar surface area (TPSA) is 37.8 Å². The molecule has 5 heteroatoms. The lowest BCUT2D eigenvalue weighted by Gasteiger charge is -2.12. The minimum Gasteiger partial charge on any atom is -0.310 e. The summed E-state index contributed by atoms with van der Waals surface area (Å²) in [6, 6.07) is 8.27. The Morgan fingerprint density at radius 1 is 1.30 bits per heavy atom. The normalized spacial score (nSPS) is 11.1. The van der Waals surface area contributed by atoms with Crippen LogP contribution in [0.15, 0.2) is 40.5 Å². The first-order valence-corrected chi connectivity index (χ1v) is 7.73. The molecule has 106 valence electrons. The predicted molar refractivity (Wildman–Crippen MR) is 84.3 cm³/mol. The van der Waals surface area contributed by atoms with Gasteiger partial charge in [0.25, 0.3) is 0 Å². The van der Waals surface area contributed by atoms with Crippen LogP contribution in [0.1, 0.15) is 25.1 Å². The summed E-state index contributed by atoms with van der Waals surface area (Å²) in [5, 5.41) is 4.90. The number of aromatic nitrogens is 2. The molecule has 0 aliphatic carbocycles. The molecule has 0 aliphatic rings. The molecule has 0 fully saturated rings. The molecule has 0 radical (unpaired) electrons. The van der Waals surface area contributed by atoms with Crippen molar-refractivity contribution in [3.63, 3.8) is 0 Å². The lowest BCUT2D eigenvalue weighted by molar-refractivity contribution is 0.584. The molecule has 1 aromatic heterocycles. The first-order valence-electron chi connectivity index (χ1n) is 6.54. The number of hydrogen-bond acceptors (Lipinski definition) is 4. The van der Waals surface area contributed by atoms with Crippen molar-refractivity contribution in [1.29, 1.82) is 0 Å². The molecular weight excluding hydrogens is 290 g/mol. The number of aryl methyl sites for hydroxylation is 1. The molecule has 0 saturated carbocycles. The molecule has 0 spiro atoms. The van der Waals surface area contributed by atoms with Crippen molar-refractivity contribution in [1.82, 2.24) is 15.3 Å². The van der Waals surface area contributed by atoms with E-state index in [9.17, 15) is 0 Å². The average Bonchev–Trinajstić information content (AvgIpc) is 2.37. The molecule has 0 saturated heterocycles. The molecule has 20 heavy (non-hydrogen) atoms. The number of hydrogen-bond donors (Lipinski definition) is 1. The van der Waals surface area contributed by atoms with Crippen LogP contribution in [0.5, 0.6) is 0 Å². The highest BCUT2D eigenvalue weighted by Crippen LogP contribution is 2.30. The van der Waals surface area contributed by atoms with E-state index in [4.69, 9.17) is 11.6 Å². The molecule has 1 N–H and O–H groups in total. The predicted octanol–water partition coefficient (Wildman–Crippen LogP) is 4.09. The Balaban J connectivity index is 2.22. The van der Waals surface area contributed by atoms with Gasteiger partial charge in [-0.1, -0.05) is 31.5 Å². The van der Waals surface area contributed by atoms with Crippen molar-refractivity contribution < 1.29 is 0 Å². The number of benzene rings is 1. The summed E-state index contributed by atoms with van der Waals surface area (Å²) in [4.78, 5) is 9.81. The third-order valence-corrected chi connectivity index (χ3v) is 3.92. The highest BCUT2D eigenvalue weighted by molar-refractivity contribution is 7.99. The molecule has 2 rings (SSSR count). The van der Waals surface area contributed by atoms with Gasteiger partial charge in [-0.05, 0) is 42.4 Å². The maximum atomic E-state index is 6.10. The van der Waals surface area contributed by atoms with Gasteiger partial charge in [-0.25, -0.2) is 9.97 Å². The molecule has 1 aromatic carbocycles. The van der Waals surface area contributed by atoms with Gasteiger partial charge in [0.05, 0.1) is 0 Å². The molecule has 0 unspecified atom stereocenters. The van der Waals surface area contributed by atoms with Gasteiger partial charge in [0.2, 0.25) is 0 Å². The molecule has 0 aliphatic heterocycles. The third-order valence-electron chi connectivity index (χ3n) is 2.70. The third kappa shape index (κ3) is 4.47. The van der Waals surface area contributed by atoms with Crippen LogP contribution in [-0.2, 0) is 6.54 Å². The molecular formula is C15H18ClN3S. The van der Waals surface area contributed by atoms with Crippen LogP contribution in [0.25, 0.3) is 0 Å². The molecule has 0 amide bonds. The zero-order valence-electron chi connectivity index (χ0n) is 11.9. The zero-order chi connectivity index (χ0) is 14.5. The Bertz CT molecular complexity index is 587. The fourth-order valence-electron chi connectivity index (χ4n) is 1.66. The minimum absolute atomic E-state index is 0.443. The van der Waals surface area contributed by atoms with E-state index in [0.717, 1.165) is 27.3 Å². The summed E-state index contributed by atoms with van der Waals surface area (Å²) in [5.74, 6) is 0. The fraction of sp³-hybridized carbons (Fsp3) is 0.333. The van der Waals surface area contributed by atoms with Gasteiger partial charge in [-0.3, -0.25) is 0 Å². The summed E-state index contributed by atoms with van der Waals surface area (Å²) in [5.41, 5.74) is 2.17. The number of rotatable bonds is 5. The summed E-state index contributed by atoms with van der Waals surface area (Å²) >= 11 is 7.65. The largest absolute Gasteiger partial charge is 0.310 e. The van der Waals surface area contributed by atoms with E-state index in [1.54, 1.807) is 18.0 Å². The van der Waals surface area contributed by atoms with Crippen molar-refractivity contribution in [2.24, 2.45) is 0 Å². The van der Waals surface area contributed by atoms with Gasteiger partial charge in [0.1, 0.15) is 0 Å². The van der Waals surface area contributed by atoms with Gasteiger partial charge >= 0.3 is 0 Å². The Hall–Kier alpha value is -1.10. The van der Waals surface area contributed by atoms with Crippen LogP contribution in [-0.4, -0.2) is 16.0 Å². The van der Waals surface area contributed by atoms with Crippen LogP contribution in [0, 0.1) is 6.92 Å². The van der Waals surface area contributed by atoms with Crippen LogP contribution in [0.2, 0.25) is 5.02 Å². The molecule has 1 heterocycles. The smallest absolute Gasteiger partial charge is 0.192 e. The van der Waals surface area contributed by atoms with E-state index in [1.165, 1.54) is 5.56 Å². The zero-order valence-corrected chi connectivity index (χ0v) is 13.4. The quantitative estimate of drug-likeness (QED) is 0.844. The SMILES string of the molecule is Cc1ccnc(Sc2cc(Cl)ccc2CNC(C)C)n1. The van der Waals surface area contributed by atoms with Crippen LogP contribution >= 0.6 is 23.4 Å². The van der Waals surface area contributed by atoms with Crippen molar-refractivity contribution in [3.8, 4) is 0 Å². The Morgan fingerprint density at radius 2 is 2.10 bits per heavy atom. The average molecular weight is 308 g/mol. The van der Waals surface area contributed by atoms with E-state index in [0.29, 0.717) is 6.04 Å². The van der Waals surface area contributed by atoms with E-state index in [2.05, 4.69) is 35.2 Å². The molecule has 2 aromatic rings. The second-order valence-electron chi connectivity index (χ2n) is 4.87. The number of nitrogens with zero attached hydrogens (tertiary/aromatic N) is 2. The second-order valence-corrected chi connectivity index (χ2v) is 6.32. The minimum atomic E-state index is 0.443. The van der Waals surface area contributed by atoms with Crippen molar-refractivity contribution in [2.75, 3.05) is 0 Å². The van der Waals surface area contributed by atoms with Crippen LogP contribution < -0.4 is 5.32 Å². The second kappa shape index (κ2) is 7.07. The van der Waals surface area contributed by atoms with Gasteiger partial charge < -0.3 is 5.32 Å². The highest BCUT2D eigenvalue weighted by Gasteiger charge is 2.08. The summed E-state index contributed by atoms with van der Waals surface area (Å²) in [7, 11) is 0. The maximum Gasteiger partial charge on any atom is 0.192 e. The summed E-state index contributed by atoms with van der Waals surface area (Å²) in [6.07, 6.45) is 1.78. The van der Waals surface area contributed by atoms with Crippen LogP contribution in [0.4, 0.5) is 0 Å². The summed E-state index contributed by atoms with van der Waals surface area (Å²) in [6.45, 7) is 7.03. The van der Waals surface area contributed by atoms with E-state index in [-0.39, 0.29) is 0 Å². The molecule has 0 bridgehead atoms. The first-order chi connectivity index (χ1) is 9.54. The first kappa shape index (κ1) is 15.3. The maximum absolute atomic E-state index is 6.10. The Morgan fingerprint density at radius 3 is 2.80 bits per heavy atom. The Labute approximate surface area is 129 Å². The van der Waals surface area contributed by atoms with Crippen molar-refractivity contribution in [3.05, 3.63) is 46.7 Å². The standard InChI is InChI=1S/C15H18ClN3S/c1-10(2)18-9-12-4-5-13(16)8-14(12)20-15-17-7-6-11(3)19-15/h4-8,10,18H,9H2,1-3H3. The number of nitrogens with one attached hydrogen (secondary N) is 1. The summed E-state index contributed by atoms with van der Waals surface area (Å²) < 4.78 is 0. The Kier molecular flexibility index (Phi) is 5.40. The number of halogens is 1. The van der Waals surface area contributed by atoms with Gasteiger partial charge in [0.15, 0.2) is 5.16 Å². The fourth-order valence-corrected chi connectivity index (χ4v) is 2.85. The molecule has 3 nitrogen and oxygen atoms in total. The van der Waals surface area contributed by atoms with Crippen molar-refractivity contribution >= 4 is 23.4 Å². The van der Waals surface area contributed by atoms with Gasteiger partial charge in [-0.2, -0.15) is 0 Å². The molecule has 0 atom stereocenters. The van der Waals surface area contributed by atoms with Gasteiger partial charge in [-0.15, -0.1) is 0 Å². The van der Waals surface area contributed by atoms with E-state index in [1.807, 2.05) is 25.1 Å². The van der Waals surface area contributed by atoms with E-state index < -0.39 is 0 Å². The lowest BCUT2D eigenvalue weighted by Crippen LogP contribution is -2.22. The monoisotopic (exact) mass is 307 g/mol. The van der Waals surface area contributed by atoms with Crippen LogP contribution in [0.3, 0.4) is 0 Å². The van der Waals surface area contributed by atoms with E-state index >= 15 is 0 Å². The lowest BCUT2D eigenvalue weighted by atomic mass is 10.2. The van der Waals surface area contributed by atoms with Crippen molar-refractivity contribution in [2.45, 2.75) is 43.4 Å². The van der Waals surface area contributed by atoms with Gasteiger partial charge in [0, 0.05) is 34.4 Å².